The smallest absolute Gasteiger partial charge is 0.410 e. The van der Waals surface area contributed by atoms with E-state index in [1.165, 1.54) is 7.11 Å². The highest BCUT2D eigenvalue weighted by Gasteiger charge is 2.53. The predicted octanol–water partition coefficient (Wildman–Crippen LogP) is 8.84. The van der Waals surface area contributed by atoms with Crippen molar-refractivity contribution in [2.24, 2.45) is 5.92 Å². The molecule has 10 nitrogen and oxygen atoms in total. The molecule has 0 aliphatic heterocycles. The second-order valence-corrected chi connectivity index (χ2v) is 16.1. The highest BCUT2D eigenvalue weighted by atomic mass is 16.6. The maximum Gasteiger partial charge on any atom is 0.410 e. The van der Waals surface area contributed by atoms with Crippen molar-refractivity contribution in [1.29, 1.82) is 0 Å². The topological polar surface area (TPSA) is 130 Å². The number of hydrogen-bond donors (Lipinski definition) is 3. The molecule has 54 heavy (non-hydrogen) atoms. The van der Waals surface area contributed by atoms with Crippen molar-refractivity contribution < 1.29 is 29.0 Å². The number of ether oxygens (including phenoxy) is 2. The van der Waals surface area contributed by atoms with E-state index in [0.717, 1.165) is 59.2 Å². The number of anilines is 1. The van der Waals surface area contributed by atoms with Gasteiger partial charge in [-0.1, -0.05) is 84.9 Å². The van der Waals surface area contributed by atoms with Crippen LogP contribution in [0.15, 0.2) is 97.2 Å². The Kier molecular flexibility index (Phi) is 11.4. The number of nitrogens with one attached hydrogen (secondary N) is 2. The summed E-state index contributed by atoms with van der Waals surface area (Å²) in [5, 5.41) is 16.8. The summed E-state index contributed by atoms with van der Waals surface area (Å²) in [7, 11) is 1.42. The first-order chi connectivity index (χ1) is 25.7. The lowest BCUT2D eigenvalue weighted by molar-refractivity contribution is -0.117. The molecule has 4 aromatic rings. The number of pyridine rings is 1. The van der Waals surface area contributed by atoms with Crippen LogP contribution in [0.25, 0.3) is 22.4 Å². The molecule has 0 atom stereocenters. The number of hydrogen-bond acceptors (Lipinski definition) is 7. The minimum atomic E-state index is -0.899. The maximum absolute atomic E-state index is 13.4. The summed E-state index contributed by atoms with van der Waals surface area (Å²) in [6.07, 6.45) is 5.26. The Balaban J connectivity index is 1.14. The van der Waals surface area contributed by atoms with Gasteiger partial charge in [0.05, 0.1) is 35.8 Å². The second-order valence-electron chi connectivity index (χ2n) is 16.1. The molecule has 2 aliphatic rings. The van der Waals surface area contributed by atoms with Crippen molar-refractivity contribution in [1.82, 2.24) is 15.2 Å². The summed E-state index contributed by atoms with van der Waals surface area (Å²) in [6.45, 7) is 7.73. The molecule has 1 aromatic heterocycles. The van der Waals surface area contributed by atoms with Crippen molar-refractivity contribution in [2.75, 3.05) is 12.4 Å². The normalized spacial score (nSPS) is 22.3. The van der Waals surface area contributed by atoms with Crippen molar-refractivity contribution in [2.45, 2.75) is 102 Å². The second kappa shape index (κ2) is 16.0. The number of amides is 3. The van der Waals surface area contributed by atoms with E-state index in [9.17, 15) is 19.5 Å². The van der Waals surface area contributed by atoms with Gasteiger partial charge < -0.3 is 30.1 Å². The number of rotatable bonds is 10. The van der Waals surface area contributed by atoms with E-state index in [4.69, 9.17) is 14.5 Å². The summed E-state index contributed by atoms with van der Waals surface area (Å²) in [6, 6.07) is 29.8. The van der Waals surface area contributed by atoms with Crippen LogP contribution in [-0.4, -0.2) is 57.4 Å². The third-order valence-electron chi connectivity index (χ3n) is 10.4. The van der Waals surface area contributed by atoms with Crippen molar-refractivity contribution >= 4 is 23.8 Å². The van der Waals surface area contributed by atoms with Crippen molar-refractivity contribution in [3.63, 3.8) is 0 Å². The summed E-state index contributed by atoms with van der Waals surface area (Å²) in [5.41, 5.74) is 3.70. The fourth-order valence-electron chi connectivity index (χ4n) is 8.04. The molecule has 10 heteroatoms. The lowest BCUT2D eigenvalue weighted by atomic mass is 9.62. The van der Waals surface area contributed by atoms with Gasteiger partial charge in [-0.2, -0.15) is 0 Å². The third kappa shape index (κ3) is 9.46. The molecule has 0 radical (unpaired) electrons. The molecule has 0 saturated heterocycles. The summed E-state index contributed by atoms with van der Waals surface area (Å²) < 4.78 is 10.7. The number of nitrogens with zero attached hydrogens (tertiary/aromatic N) is 2. The first-order valence-electron chi connectivity index (χ1n) is 18.8. The SMILES string of the molecule is COC(=O)N(Cc1ccccc1)C1CCC(CC(=O)Nc2cnc(-c3ccc(C4(NC(=O)OC(C)(C)C)CC(C)(O)C4)cc3)c(-c3ccccc3)c2)CC1. The molecular weight excluding hydrogens is 681 g/mol. The monoisotopic (exact) mass is 732 g/mol. The van der Waals surface area contributed by atoms with E-state index in [1.807, 2.05) is 117 Å². The number of aliphatic hydroxyl groups is 1. The van der Waals surface area contributed by atoms with Gasteiger partial charge in [-0.3, -0.25) is 9.78 Å². The molecule has 1 heterocycles. The van der Waals surface area contributed by atoms with Crippen LogP contribution in [0, 0.1) is 5.92 Å². The van der Waals surface area contributed by atoms with Crippen LogP contribution in [0.3, 0.4) is 0 Å². The van der Waals surface area contributed by atoms with E-state index in [2.05, 4.69) is 10.6 Å². The molecule has 3 N–H and O–H groups in total. The number of carbonyl (C=O) groups is 3. The summed E-state index contributed by atoms with van der Waals surface area (Å²) >= 11 is 0. The Morgan fingerprint density at radius 1 is 0.889 bits per heavy atom. The van der Waals surface area contributed by atoms with Gasteiger partial charge in [-0.25, -0.2) is 9.59 Å². The first-order valence-corrected chi connectivity index (χ1v) is 18.8. The summed E-state index contributed by atoms with van der Waals surface area (Å²) in [4.78, 5) is 45.6. The Hall–Kier alpha value is -5.22. The van der Waals surface area contributed by atoms with Crippen molar-refractivity contribution in [3.8, 4) is 22.4 Å². The molecule has 2 saturated carbocycles. The van der Waals surface area contributed by atoms with Crippen LogP contribution in [-0.2, 0) is 26.4 Å². The predicted molar refractivity (Wildman–Crippen MR) is 209 cm³/mol. The quantitative estimate of drug-likeness (QED) is 0.149. The highest BCUT2D eigenvalue weighted by Crippen LogP contribution is 2.49. The first kappa shape index (κ1) is 38.5. The van der Waals surface area contributed by atoms with Gasteiger partial charge in [0.2, 0.25) is 5.91 Å². The molecule has 284 valence electrons. The Labute approximate surface area is 318 Å². The summed E-state index contributed by atoms with van der Waals surface area (Å²) in [5.74, 6) is 0.147. The highest BCUT2D eigenvalue weighted by molar-refractivity contribution is 5.93. The molecule has 3 aromatic carbocycles. The molecular formula is C44H52N4O6. The van der Waals surface area contributed by atoms with Gasteiger partial charge in [0, 0.05) is 43.0 Å². The average molecular weight is 733 g/mol. The number of alkyl carbamates (subject to hydrolysis) is 1. The molecule has 2 fully saturated rings. The van der Waals surface area contributed by atoms with Gasteiger partial charge >= 0.3 is 12.2 Å². The molecule has 3 amide bonds. The van der Waals surface area contributed by atoms with Crippen LogP contribution in [0.4, 0.5) is 15.3 Å². The lowest BCUT2D eigenvalue weighted by Gasteiger charge is -2.52. The minimum absolute atomic E-state index is 0.0616. The molecule has 6 rings (SSSR count). The third-order valence-corrected chi connectivity index (χ3v) is 10.4. The van der Waals surface area contributed by atoms with Gasteiger partial charge in [0.15, 0.2) is 0 Å². The zero-order valence-electron chi connectivity index (χ0n) is 31.9. The maximum atomic E-state index is 13.4. The molecule has 2 aliphatic carbocycles. The number of methoxy groups -OCH3 is 1. The van der Waals surface area contributed by atoms with E-state index in [0.29, 0.717) is 31.5 Å². The largest absolute Gasteiger partial charge is 0.453 e. The number of carbonyl (C=O) groups excluding carboxylic acids is 3. The van der Waals surface area contributed by atoms with E-state index < -0.39 is 22.8 Å². The van der Waals surface area contributed by atoms with Crippen LogP contribution < -0.4 is 10.6 Å². The molecule has 0 unspecified atom stereocenters. The van der Waals surface area contributed by atoms with Gasteiger partial charge in [0.1, 0.15) is 5.60 Å². The van der Waals surface area contributed by atoms with Gasteiger partial charge in [0.25, 0.3) is 0 Å². The fraction of sp³-hybridized carbons (Fsp3) is 0.409. The van der Waals surface area contributed by atoms with Crippen LogP contribution in [0.1, 0.15) is 83.8 Å². The van der Waals surface area contributed by atoms with Crippen molar-refractivity contribution in [3.05, 3.63) is 108 Å². The van der Waals surface area contributed by atoms with E-state index >= 15 is 0 Å². The zero-order chi connectivity index (χ0) is 38.5. The Morgan fingerprint density at radius 3 is 2.11 bits per heavy atom. The van der Waals surface area contributed by atoms with Gasteiger partial charge in [-0.15, -0.1) is 0 Å². The van der Waals surface area contributed by atoms with Crippen LogP contribution in [0.5, 0.6) is 0 Å². The minimum Gasteiger partial charge on any atom is -0.453 e. The van der Waals surface area contributed by atoms with Crippen LogP contribution in [0.2, 0.25) is 0 Å². The number of aromatic nitrogens is 1. The fourth-order valence-corrected chi connectivity index (χ4v) is 8.04. The molecule has 0 spiro atoms. The standard InChI is InChI=1S/C44H52N4O6/c1-42(2,3)54-40(50)47-44(28-43(4,52)29-44)34-20-18-33(19-21-34)39-37(32-14-10-7-11-15-32)25-35(26-45-39)46-38(49)24-30-16-22-36(23-17-30)48(41(51)53-5)27-31-12-8-6-9-13-31/h6-15,18-21,25-26,30,36,52H,16-17,22-24,27-29H2,1-5H3,(H,46,49)(H,47,50). The average Bonchev–Trinajstić information content (AvgIpc) is 3.13. The van der Waals surface area contributed by atoms with Crippen LogP contribution >= 0.6 is 0 Å². The van der Waals surface area contributed by atoms with E-state index in [1.54, 1.807) is 13.1 Å². The zero-order valence-corrected chi connectivity index (χ0v) is 31.9. The van der Waals surface area contributed by atoms with E-state index in [-0.39, 0.29) is 24.0 Å². The van der Waals surface area contributed by atoms with Gasteiger partial charge in [-0.05, 0) is 82.1 Å². The molecule has 0 bridgehead atoms. The number of benzene rings is 3. The Morgan fingerprint density at radius 2 is 1.52 bits per heavy atom. The Bertz CT molecular complexity index is 1910. The lowest BCUT2D eigenvalue weighted by Crippen LogP contribution is -2.62.